The zero-order valence-corrected chi connectivity index (χ0v) is 20.1. The Hall–Kier alpha value is -1.85. The van der Waals surface area contributed by atoms with Crippen molar-refractivity contribution < 1.29 is 17.9 Å². The summed E-state index contributed by atoms with van der Waals surface area (Å²) < 4.78 is 33.9. The van der Waals surface area contributed by atoms with E-state index in [1.165, 1.54) is 20.3 Å². The van der Waals surface area contributed by atoms with Gasteiger partial charge in [-0.1, -0.05) is 12.1 Å². The summed E-state index contributed by atoms with van der Waals surface area (Å²) in [5.41, 5.74) is 1.02. The fourth-order valence-electron chi connectivity index (χ4n) is 4.24. The number of benzene rings is 1. The van der Waals surface area contributed by atoms with Gasteiger partial charge in [-0.15, -0.1) is 22.7 Å². The summed E-state index contributed by atoms with van der Waals surface area (Å²) in [4.78, 5) is 20.5. The Morgan fingerprint density at radius 2 is 1.91 bits per heavy atom. The Labute approximate surface area is 195 Å². The minimum Gasteiger partial charge on any atom is -0.379 e. The predicted molar refractivity (Wildman–Crippen MR) is 126 cm³/mol. The molecule has 7 nitrogen and oxygen atoms in total. The highest BCUT2D eigenvalue weighted by atomic mass is 32.2. The first-order chi connectivity index (χ1) is 15.5. The summed E-state index contributed by atoms with van der Waals surface area (Å²) in [6.45, 7) is 2.99. The average molecular weight is 492 g/mol. The van der Waals surface area contributed by atoms with E-state index < -0.39 is 10.0 Å². The van der Waals surface area contributed by atoms with E-state index in [0.717, 1.165) is 34.8 Å². The third-order valence-electron chi connectivity index (χ3n) is 5.96. The van der Waals surface area contributed by atoms with Gasteiger partial charge in [0.25, 0.3) is 10.0 Å². The Bertz CT molecular complexity index is 1180. The summed E-state index contributed by atoms with van der Waals surface area (Å²) in [6.07, 6.45) is 2.22. The number of sulfonamides is 1. The number of thiazole rings is 1. The van der Waals surface area contributed by atoms with Crippen molar-refractivity contribution in [2.75, 3.05) is 39.4 Å². The van der Waals surface area contributed by atoms with Gasteiger partial charge in [0.2, 0.25) is 5.91 Å². The smallest absolute Gasteiger partial charge is 0.252 e. The largest absolute Gasteiger partial charge is 0.379 e. The van der Waals surface area contributed by atoms with Gasteiger partial charge in [0.05, 0.1) is 34.9 Å². The Kier molecular flexibility index (Phi) is 6.31. The van der Waals surface area contributed by atoms with E-state index >= 15 is 0 Å². The molecule has 1 unspecified atom stereocenters. The fourth-order valence-corrected chi connectivity index (χ4v) is 8.24. The summed E-state index contributed by atoms with van der Waals surface area (Å²) in [7, 11) is -3.52. The molecule has 2 aliphatic rings. The van der Waals surface area contributed by atoms with E-state index in [1.54, 1.807) is 23.5 Å². The number of rotatable bonds is 5. The first-order valence-electron chi connectivity index (χ1n) is 10.8. The topological polar surface area (TPSA) is 79.8 Å². The van der Waals surface area contributed by atoms with Crippen molar-refractivity contribution in [1.82, 2.24) is 14.2 Å². The van der Waals surface area contributed by atoms with Crippen molar-refractivity contribution in [3.63, 3.8) is 0 Å². The van der Waals surface area contributed by atoms with Crippen LogP contribution in [-0.4, -0.2) is 67.9 Å². The van der Waals surface area contributed by atoms with Gasteiger partial charge >= 0.3 is 0 Å². The highest BCUT2D eigenvalue weighted by Gasteiger charge is 2.30. The number of carbonyl (C=O) groups is 1. The molecule has 2 fully saturated rings. The maximum Gasteiger partial charge on any atom is 0.252 e. The molecule has 0 radical (unpaired) electrons. The van der Waals surface area contributed by atoms with Crippen LogP contribution in [0, 0.1) is 0 Å². The van der Waals surface area contributed by atoms with E-state index in [2.05, 4.69) is 6.07 Å². The van der Waals surface area contributed by atoms with Gasteiger partial charge in [-0.2, -0.15) is 4.31 Å². The number of ether oxygens (including phenoxy) is 1. The van der Waals surface area contributed by atoms with E-state index in [-0.39, 0.29) is 18.2 Å². The van der Waals surface area contributed by atoms with E-state index in [4.69, 9.17) is 9.72 Å². The molecular formula is C22H25N3O4S3. The molecule has 0 saturated carbocycles. The van der Waals surface area contributed by atoms with Crippen LogP contribution in [-0.2, 0) is 26.0 Å². The first kappa shape index (κ1) is 22.0. The van der Waals surface area contributed by atoms with Gasteiger partial charge in [-0.05, 0) is 37.1 Å². The first-order valence-corrected chi connectivity index (χ1v) is 13.9. The van der Waals surface area contributed by atoms with Gasteiger partial charge in [-0.25, -0.2) is 13.4 Å². The second-order valence-corrected chi connectivity index (χ2v) is 12.5. The molecule has 2 aliphatic heterocycles. The average Bonchev–Trinajstić information content (AvgIpc) is 3.47. The van der Waals surface area contributed by atoms with Crippen LogP contribution in [0.25, 0.3) is 10.2 Å². The molecule has 0 aliphatic carbocycles. The summed E-state index contributed by atoms with van der Waals surface area (Å²) in [6, 6.07) is 11.5. The second kappa shape index (κ2) is 9.18. The molecule has 2 saturated heterocycles. The normalized spacial score (nSPS) is 20.6. The van der Waals surface area contributed by atoms with Gasteiger partial charge in [0, 0.05) is 37.0 Å². The SMILES string of the molecule is O=C(Cc1ccc(S(=O)(=O)N2CCOCC2)s1)N1CCCC(c2nc3ccccc3s2)C1. The molecule has 3 aromatic rings. The van der Waals surface area contributed by atoms with Crippen LogP contribution >= 0.6 is 22.7 Å². The molecule has 170 valence electrons. The van der Waals surface area contributed by atoms with Gasteiger partial charge in [-0.3, -0.25) is 4.79 Å². The van der Waals surface area contributed by atoms with Crippen LogP contribution in [0.15, 0.2) is 40.6 Å². The number of hydrogen-bond donors (Lipinski definition) is 0. The molecule has 10 heteroatoms. The van der Waals surface area contributed by atoms with Crippen molar-refractivity contribution >= 4 is 48.8 Å². The number of fused-ring (bicyclic) bond motifs is 1. The minimum atomic E-state index is -3.52. The van der Waals surface area contributed by atoms with E-state index in [9.17, 15) is 13.2 Å². The van der Waals surface area contributed by atoms with Crippen LogP contribution in [0.2, 0.25) is 0 Å². The predicted octanol–water partition coefficient (Wildman–Crippen LogP) is 3.33. The second-order valence-electron chi connectivity index (χ2n) is 8.11. The number of thiophene rings is 1. The fraction of sp³-hybridized carbons (Fsp3) is 0.455. The Morgan fingerprint density at radius 1 is 1.09 bits per heavy atom. The number of piperidine rings is 1. The Morgan fingerprint density at radius 3 is 2.72 bits per heavy atom. The quantitative estimate of drug-likeness (QED) is 0.547. The number of nitrogens with zero attached hydrogens (tertiary/aromatic N) is 3. The molecule has 0 spiro atoms. The zero-order chi connectivity index (χ0) is 22.1. The van der Waals surface area contributed by atoms with Gasteiger partial charge in [0.1, 0.15) is 4.21 Å². The third-order valence-corrected chi connectivity index (χ3v) is 10.6. The number of morpholine rings is 1. The van der Waals surface area contributed by atoms with Gasteiger partial charge < -0.3 is 9.64 Å². The van der Waals surface area contributed by atoms with Crippen LogP contribution in [0.4, 0.5) is 0 Å². The molecule has 0 N–H and O–H groups in total. The van der Waals surface area contributed by atoms with Crippen molar-refractivity contribution in [3.05, 3.63) is 46.3 Å². The molecule has 5 rings (SSSR count). The number of likely N-dealkylation sites (tertiary alicyclic amines) is 1. The van der Waals surface area contributed by atoms with Crippen LogP contribution in [0.1, 0.15) is 28.6 Å². The molecule has 1 aromatic carbocycles. The van der Waals surface area contributed by atoms with E-state index in [0.29, 0.717) is 37.1 Å². The van der Waals surface area contributed by atoms with Crippen molar-refractivity contribution in [1.29, 1.82) is 0 Å². The highest BCUT2D eigenvalue weighted by Crippen LogP contribution is 2.33. The number of carbonyl (C=O) groups excluding carboxylic acids is 1. The lowest BCUT2D eigenvalue weighted by Gasteiger charge is -2.31. The third kappa shape index (κ3) is 4.47. The Balaban J connectivity index is 1.25. The number of amides is 1. The zero-order valence-electron chi connectivity index (χ0n) is 17.6. The summed E-state index contributed by atoms with van der Waals surface area (Å²) >= 11 is 2.91. The van der Waals surface area contributed by atoms with Crippen LogP contribution < -0.4 is 0 Å². The van der Waals surface area contributed by atoms with Crippen molar-refractivity contribution in [2.45, 2.75) is 29.4 Å². The van der Waals surface area contributed by atoms with E-state index in [1.807, 2.05) is 23.1 Å². The van der Waals surface area contributed by atoms with Crippen molar-refractivity contribution in [2.24, 2.45) is 0 Å². The molecule has 2 aromatic heterocycles. The number of para-hydroxylation sites is 1. The summed E-state index contributed by atoms with van der Waals surface area (Å²) in [5.74, 6) is 0.304. The lowest BCUT2D eigenvalue weighted by molar-refractivity contribution is -0.131. The molecule has 1 amide bonds. The maximum atomic E-state index is 13.0. The standard InChI is InChI=1S/C22H25N3O4S3/c26-20(14-17-7-8-21(30-17)32(27,28)25-10-12-29-13-11-25)24-9-3-4-16(15-24)22-23-18-5-1-2-6-19(18)31-22/h1-2,5-8,16H,3-4,9-15H2. The number of aromatic nitrogens is 1. The number of hydrogen-bond acceptors (Lipinski definition) is 7. The van der Waals surface area contributed by atoms with Gasteiger partial charge in [0.15, 0.2) is 0 Å². The lowest BCUT2D eigenvalue weighted by atomic mass is 9.98. The lowest BCUT2D eigenvalue weighted by Crippen LogP contribution is -2.40. The minimum absolute atomic E-state index is 0.0491. The summed E-state index contributed by atoms with van der Waals surface area (Å²) in [5, 5.41) is 1.10. The van der Waals surface area contributed by atoms with Crippen LogP contribution in [0.3, 0.4) is 0 Å². The van der Waals surface area contributed by atoms with Crippen LogP contribution in [0.5, 0.6) is 0 Å². The molecule has 0 bridgehead atoms. The highest BCUT2D eigenvalue weighted by molar-refractivity contribution is 7.91. The monoisotopic (exact) mass is 491 g/mol. The van der Waals surface area contributed by atoms with Crippen molar-refractivity contribution in [3.8, 4) is 0 Å². The maximum absolute atomic E-state index is 13.0. The molecular weight excluding hydrogens is 466 g/mol. The molecule has 32 heavy (non-hydrogen) atoms. The molecule has 4 heterocycles. The molecule has 1 atom stereocenters.